The minimum absolute atomic E-state index is 0.0532. The molecular formula is C23H26N2O4S. The molecule has 0 spiro atoms. The Morgan fingerprint density at radius 2 is 1.70 bits per heavy atom. The Balaban J connectivity index is 2.25. The van der Waals surface area contributed by atoms with Crippen molar-refractivity contribution < 1.29 is 13.5 Å². The van der Waals surface area contributed by atoms with E-state index in [1.165, 1.54) is 16.7 Å². The molecule has 1 atom stereocenters. The molecule has 3 aromatic rings. The molecule has 1 unspecified atom stereocenters. The highest BCUT2D eigenvalue weighted by atomic mass is 32.2. The maximum Gasteiger partial charge on any atom is 0.277 e. The largest absolute Gasteiger partial charge is 0.492 e. The van der Waals surface area contributed by atoms with Gasteiger partial charge in [0.05, 0.1) is 10.9 Å². The van der Waals surface area contributed by atoms with Gasteiger partial charge < -0.3 is 5.11 Å². The summed E-state index contributed by atoms with van der Waals surface area (Å²) in [7, 11) is -4.24. The van der Waals surface area contributed by atoms with Crippen molar-refractivity contribution in [3.8, 4) is 5.88 Å². The van der Waals surface area contributed by atoms with Crippen LogP contribution in [0.25, 0.3) is 0 Å². The summed E-state index contributed by atoms with van der Waals surface area (Å²) in [6.45, 7) is 5.68. The number of aromatic hydroxyl groups is 1. The molecule has 0 radical (unpaired) electrons. The van der Waals surface area contributed by atoms with Crippen LogP contribution in [0.2, 0.25) is 0 Å². The third kappa shape index (κ3) is 4.16. The maximum absolute atomic E-state index is 13.5. The molecule has 2 aromatic carbocycles. The summed E-state index contributed by atoms with van der Waals surface area (Å²) in [5.41, 5.74) is 0.982. The summed E-state index contributed by atoms with van der Waals surface area (Å²) in [4.78, 5) is 16.9. The number of hydrogen-bond acceptors (Lipinski definition) is 5. The van der Waals surface area contributed by atoms with Gasteiger partial charge in [-0.1, -0.05) is 61.4 Å². The van der Waals surface area contributed by atoms with Crippen LogP contribution in [-0.2, 0) is 16.3 Å². The predicted octanol–water partition coefficient (Wildman–Crippen LogP) is 4.04. The Labute approximate surface area is 176 Å². The van der Waals surface area contributed by atoms with E-state index in [0.717, 1.165) is 24.0 Å². The van der Waals surface area contributed by atoms with E-state index < -0.39 is 32.2 Å². The molecular weight excluding hydrogens is 400 g/mol. The van der Waals surface area contributed by atoms with Gasteiger partial charge in [-0.2, -0.15) is 4.98 Å². The first-order chi connectivity index (χ1) is 14.3. The van der Waals surface area contributed by atoms with Crippen LogP contribution in [0.3, 0.4) is 0 Å². The Morgan fingerprint density at radius 1 is 1.07 bits per heavy atom. The van der Waals surface area contributed by atoms with E-state index in [4.69, 9.17) is 0 Å². The van der Waals surface area contributed by atoms with Crippen LogP contribution in [0, 0.1) is 6.92 Å². The Bertz CT molecular complexity index is 1180. The number of aryl methyl sites for hydroxylation is 2. The van der Waals surface area contributed by atoms with Gasteiger partial charge in [0.2, 0.25) is 15.7 Å². The Kier molecular flexibility index (Phi) is 6.41. The molecule has 30 heavy (non-hydrogen) atoms. The van der Waals surface area contributed by atoms with E-state index in [1.54, 1.807) is 12.1 Å². The van der Waals surface area contributed by atoms with Crippen molar-refractivity contribution in [2.75, 3.05) is 0 Å². The van der Waals surface area contributed by atoms with E-state index in [1.807, 2.05) is 51.1 Å². The molecule has 0 bridgehead atoms. The van der Waals surface area contributed by atoms with Gasteiger partial charge in [0.15, 0.2) is 4.90 Å². The Hall–Kier alpha value is -2.93. The summed E-state index contributed by atoms with van der Waals surface area (Å²) in [5.74, 6) is -0.373. The molecule has 0 saturated carbocycles. The smallest absolute Gasteiger partial charge is 0.277 e. The summed E-state index contributed by atoms with van der Waals surface area (Å²) in [5, 5.41) is 10.5. The average molecular weight is 427 g/mol. The van der Waals surface area contributed by atoms with Crippen molar-refractivity contribution in [3.63, 3.8) is 0 Å². The lowest BCUT2D eigenvalue weighted by molar-refractivity contribution is 0.412. The molecule has 0 aliphatic carbocycles. The van der Waals surface area contributed by atoms with Crippen molar-refractivity contribution in [1.82, 2.24) is 9.55 Å². The second kappa shape index (κ2) is 8.83. The van der Waals surface area contributed by atoms with E-state index in [-0.39, 0.29) is 4.90 Å². The lowest BCUT2D eigenvalue weighted by Crippen LogP contribution is -2.32. The topological polar surface area (TPSA) is 89.3 Å². The van der Waals surface area contributed by atoms with E-state index >= 15 is 0 Å². The second-order valence-corrected chi connectivity index (χ2v) is 9.25. The fourth-order valence-corrected chi connectivity index (χ4v) is 4.76. The molecule has 7 heteroatoms. The highest BCUT2D eigenvalue weighted by Crippen LogP contribution is 2.27. The summed E-state index contributed by atoms with van der Waals surface area (Å²) >= 11 is 0. The van der Waals surface area contributed by atoms with Crippen molar-refractivity contribution in [3.05, 3.63) is 81.9 Å². The van der Waals surface area contributed by atoms with Gasteiger partial charge in [-0.05, 0) is 38.0 Å². The molecule has 0 amide bonds. The first-order valence-electron chi connectivity index (χ1n) is 9.98. The van der Waals surface area contributed by atoms with Gasteiger partial charge in [-0.3, -0.25) is 9.36 Å². The molecule has 3 rings (SSSR count). The van der Waals surface area contributed by atoms with Crippen LogP contribution in [0.4, 0.5) is 0 Å². The summed E-state index contributed by atoms with van der Waals surface area (Å²) in [6, 6.07) is 15.1. The van der Waals surface area contributed by atoms with Crippen LogP contribution < -0.4 is 5.56 Å². The lowest BCUT2D eigenvalue weighted by atomic mass is 10.1. The lowest BCUT2D eigenvalue weighted by Gasteiger charge is -2.21. The van der Waals surface area contributed by atoms with Crippen molar-refractivity contribution in [2.45, 2.75) is 55.9 Å². The highest BCUT2D eigenvalue weighted by Gasteiger charge is 2.30. The van der Waals surface area contributed by atoms with Crippen LogP contribution in [-0.4, -0.2) is 23.1 Å². The molecule has 1 heterocycles. The first-order valence-corrected chi connectivity index (χ1v) is 11.5. The molecule has 1 aromatic heterocycles. The SMILES string of the molecule is CCCCc1nc(O)c(S(=O)(=O)c2ccc(C)cc2)c(=O)n1C(C)c1ccccc1. The molecule has 0 saturated heterocycles. The minimum atomic E-state index is -4.24. The van der Waals surface area contributed by atoms with Gasteiger partial charge in [-0.25, -0.2) is 8.42 Å². The zero-order valence-electron chi connectivity index (χ0n) is 17.4. The number of sulfone groups is 1. The number of nitrogens with zero attached hydrogens (tertiary/aromatic N) is 2. The number of aromatic nitrogens is 2. The van der Waals surface area contributed by atoms with Crippen molar-refractivity contribution in [2.24, 2.45) is 0 Å². The highest BCUT2D eigenvalue weighted by molar-refractivity contribution is 7.91. The van der Waals surface area contributed by atoms with Crippen molar-refractivity contribution in [1.29, 1.82) is 0 Å². The van der Waals surface area contributed by atoms with E-state index in [0.29, 0.717) is 12.2 Å². The van der Waals surface area contributed by atoms with E-state index in [2.05, 4.69) is 4.98 Å². The monoisotopic (exact) mass is 426 g/mol. The standard InChI is InChI=1S/C23H26N2O4S/c1-4-5-11-20-24-22(26)21(30(28,29)19-14-12-16(2)13-15-19)23(27)25(20)17(3)18-9-7-6-8-10-18/h6-10,12-15,17,26H,4-5,11H2,1-3H3. The summed E-state index contributed by atoms with van der Waals surface area (Å²) in [6.07, 6.45) is 2.10. The molecule has 6 nitrogen and oxygen atoms in total. The first kappa shape index (κ1) is 21.8. The fourth-order valence-electron chi connectivity index (χ4n) is 3.41. The van der Waals surface area contributed by atoms with Crippen LogP contribution in [0.15, 0.2) is 69.2 Å². The molecule has 1 N–H and O–H groups in total. The molecule has 158 valence electrons. The van der Waals surface area contributed by atoms with Crippen LogP contribution in [0.5, 0.6) is 5.88 Å². The molecule has 0 aliphatic rings. The van der Waals surface area contributed by atoms with Crippen LogP contribution in [0.1, 0.15) is 49.7 Å². The maximum atomic E-state index is 13.5. The minimum Gasteiger partial charge on any atom is -0.492 e. The van der Waals surface area contributed by atoms with Gasteiger partial charge in [0, 0.05) is 6.42 Å². The third-order valence-electron chi connectivity index (χ3n) is 5.15. The average Bonchev–Trinajstić information content (AvgIpc) is 2.72. The van der Waals surface area contributed by atoms with Crippen molar-refractivity contribution >= 4 is 9.84 Å². The normalized spacial score (nSPS) is 12.6. The van der Waals surface area contributed by atoms with Gasteiger partial charge in [0.1, 0.15) is 5.82 Å². The molecule has 0 fully saturated rings. The van der Waals surface area contributed by atoms with Gasteiger partial charge in [-0.15, -0.1) is 0 Å². The quantitative estimate of drug-likeness (QED) is 0.616. The van der Waals surface area contributed by atoms with Crippen LogP contribution >= 0.6 is 0 Å². The number of hydrogen-bond donors (Lipinski definition) is 1. The second-order valence-electron chi connectivity index (χ2n) is 7.36. The Morgan fingerprint density at radius 3 is 2.30 bits per heavy atom. The zero-order valence-corrected chi connectivity index (χ0v) is 18.2. The fraction of sp³-hybridized carbons (Fsp3) is 0.304. The number of benzene rings is 2. The van der Waals surface area contributed by atoms with Gasteiger partial charge in [0.25, 0.3) is 5.56 Å². The zero-order chi connectivity index (χ0) is 21.9. The third-order valence-corrected chi connectivity index (χ3v) is 6.94. The summed E-state index contributed by atoms with van der Waals surface area (Å²) < 4.78 is 27.8. The number of rotatable bonds is 7. The molecule has 0 aliphatic heterocycles. The van der Waals surface area contributed by atoms with E-state index in [9.17, 15) is 18.3 Å². The predicted molar refractivity (Wildman–Crippen MR) is 116 cm³/mol. The number of unbranched alkanes of at least 4 members (excludes halogenated alkanes) is 1. The van der Waals surface area contributed by atoms with Gasteiger partial charge >= 0.3 is 0 Å².